The van der Waals surface area contributed by atoms with Gasteiger partial charge in [-0.25, -0.2) is 0 Å². The first-order chi connectivity index (χ1) is 8.70. The zero-order valence-corrected chi connectivity index (χ0v) is 10.4. The van der Waals surface area contributed by atoms with Crippen LogP contribution in [0, 0.1) is 0 Å². The fraction of sp³-hybridized carbons (Fsp3) is 0.182. The first-order valence-corrected chi connectivity index (χ1v) is 6.08. The molecule has 2 aromatic rings. The van der Waals surface area contributed by atoms with E-state index in [0.29, 0.717) is 5.76 Å². The van der Waals surface area contributed by atoms with Gasteiger partial charge in [0.15, 0.2) is 11.5 Å². The van der Waals surface area contributed by atoms with E-state index in [1.54, 1.807) is 6.07 Å². The zero-order chi connectivity index (χ0) is 13.0. The van der Waals surface area contributed by atoms with E-state index in [1.165, 1.54) is 18.4 Å². The number of likely N-dealkylation sites (N-methyl/N-ethyl adjacent to an activating group) is 1. The molecule has 2 aromatic heterocycles. The third-order valence-electron chi connectivity index (χ3n) is 2.20. The highest BCUT2D eigenvalue weighted by molar-refractivity contribution is 7.13. The number of carbonyl (C=O) groups excluding carboxylic acids is 2. The first kappa shape index (κ1) is 12.3. The van der Waals surface area contributed by atoms with Crippen LogP contribution in [0.25, 0.3) is 10.6 Å². The predicted octanol–water partition coefficient (Wildman–Crippen LogP) is 0.879. The smallest absolute Gasteiger partial charge is 0.273 e. The average molecular weight is 265 g/mol. The van der Waals surface area contributed by atoms with Gasteiger partial charge in [0.2, 0.25) is 5.91 Å². The molecule has 2 amide bonds. The number of nitrogens with one attached hydrogen (secondary N) is 2. The Balaban J connectivity index is 2.02. The van der Waals surface area contributed by atoms with Crippen molar-refractivity contribution in [2.75, 3.05) is 13.6 Å². The Kier molecular flexibility index (Phi) is 3.73. The fourth-order valence-corrected chi connectivity index (χ4v) is 1.93. The van der Waals surface area contributed by atoms with Crippen molar-refractivity contribution >= 4 is 23.2 Å². The summed E-state index contributed by atoms with van der Waals surface area (Å²) in [5, 5.41) is 10.4. The van der Waals surface area contributed by atoms with Crippen molar-refractivity contribution in [2.24, 2.45) is 0 Å². The Bertz CT molecular complexity index is 548. The molecule has 2 heterocycles. The Morgan fingerprint density at radius 2 is 2.33 bits per heavy atom. The van der Waals surface area contributed by atoms with Crippen LogP contribution in [0.4, 0.5) is 0 Å². The molecule has 2 rings (SSSR count). The van der Waals surface area contributed by atoms with E-state index >= 15 is 0 Å². The Morgan fingerprint density at radius 3 is 3.00 bits per heavy atom. The summed E-state index contributed by atoms with van der Waals surface area (Å²) in [7, 11) is 1.50. The fourth-order valence-electron chi connectivity index (χ4n) is 1.26. The third-order valence-corrected chi connectivity index (χ3v) is 3.08. The van der Waals surface area contributed by atoms with Gasteiger partial charge in [0.25, 0.3) is 5.91 Å². The van der Waals surface area contributed by atoms with Crippen molar-refractivity contribution in [1.82, 2.24) is 15.8 Å². The summed E-state index contributed by atoms with van der Waals surface area (Å²) >= 11 is 1.49. The predicted molar refractivity (Wildman–Crippen MR) is 66.2 cm³/mol. The van der Waals surface area contributed by atoms with Gasteiger partial charge in [-0.05, 0) is 11.4 Å². The maximum absolute atomic E-state index is 11.6. The number of carbonyl (C=O) groups is 2. The van der Waals surface area contributed by atoms with Gasteiger partial charge in [-0.3, -0.25) is 9.59 Å². The molecule has 0 atom stereocenters. The summed E-state index contributed by atoms with van der Waals surface area (Å²) in [5.41, 5.74) is 0.155. The molecule has 0 aliphatic rings. The van der Waals surface area contributed by atoms with Gasteiger partial charge >= 0.3 is 0 Å². The van der Waals surface area contributed by atoms with Crippen molar-refractivity contribution in [1.29, 1.82) is 0 Å². The lowest BCUT2D eigenvalue weighted by Gasteiger charge is -2.00. The summed E-state index contributed by atoms with van der Waals surface area (Å²) in [5.74, 6) is -0.175. The van der Waals surface area contributed by atoms with Crippen molar-refractivity contribution in [3.63, 3.8) is 0 Å². The number of thiophene rings is 1. The first-order valence-electron chi connectivity index (χ1n) is 5.20. The van der Waals surface area contributed by atoms with Crippen molar-refractivity contribution in [3.05, 3.63) is 29.3 Å². The Hall–Kier alpha value is -2.15. The van der Waals surface area contributed by atoms with Crippen molar-refractivity contribution in [3.8, 4) is 10.6 Å². The zero-order valence-electron chi connectivity index (χ0n) is 9.60. The monoisotopic (exact) mass is 265 g/mol. The van der Waals surface area contributed by atoms with Gasteiger partial charge in [0, 0.05) is 13.1 Å². The second kappa shape index (κ2) is 5.46. The van der Waals surface area contributed by atoms with Gasteiger partial charge in [-0.15, -0.1) is 11.3 Å². The molecule has 0 aromatic carbocycles. The molecule has 0 bridgehead atoms. The summed E-state index contributed by atoms with van der Waals surface area (Å²) in [6, 6.07) is 5.30. The standard InChI is InChI=1S/C11H11N3O3S/c1-12-10(15)6-13-11(16)7-5-8(17-14-7)9-3-2-4-18-9/h2-5H,6H2,1H3,(H,12,15)(H,13,16). The second-order valence-corrected chi connectivity index (χ2v) is 4.36. The minimum atomic E-state index is -0.440. The lowest BCUT2D eigenvalue weighted by Crippen LogP contribution is -2.35. The van der Waals surface area contributed by atoms with Crippen LogP contribution < -0.4 is 10.6 Å². The molecule has 0 saturated carbocycles. The van der Waals surface area contributed by atoms with Crippen LogP contribution in [0.15, 0.2) is 28.1 Å². The maximum atomic E-state index is 11.6. The molecular weight excluding hydrogens is 254 g/mol. The lowest BCUT2D eigenvalue weighted by molar-refractivity contribution is -0.119. The Labute approximate surface area is 107 Å². The van der Waals surface area contributed by atoms with E-state index in [2.05, 4.69) is 15.8 Å². The van der Waals surface area contributed by atoms with E-state index < -0.39 is 5.91 Å². The summed E-state index contributed by atoms with van der Waals surface area (Å²) in [4.78, 5) is 23.5. The van der Waals surface area contributed by atoms with E-state index in [4.69, 9.17) is 4.52 Å². The number of nitrogens with zero attached hydrogens (tertiary/aromatic N) is 1. The lowest BCUT2D eigenvalue weighted by atomic mass is 10.3. The minimum absolute atomic E-state index is 0.0868. The average Bonchev–Trinajstić information content (AvgIpc) is 3.04. The molecular formula is C11H11N3O3S. The molecule has 7 heteroatoms. The molecule has 0 aliphatic carbocycles. The molecule has 18 heavy (non-hydrogen) atoms. The molecule has 94 valence electrons. The minimum Gasteiger partial charge on any atom is -0.358 e. The number of amides is 2. The quantitative estimate of drug-likeness (QED) is 0.859. The van der Waals surface area contributed by atoms with Crippen LogP contribution in [0.1, 0.15) is 10.5 Å². The van der Waals surface area contributed by atoms with Crippen LogP contribution >= 0.6 is 11.3 Å². The van der Waals surface area contributed by atoms with E-state index in [1.807, 2.05) is 17.5 Å². The van der Waals surface area contributed by atoms with Crippen LogP contribution in [-0.4, -0.2) is 30.6 Å². The van der Waals surface area contributed by atoms with Gasteiger partial charge in [-0.1, -0.05) is 11.2 Å². The normalized spacial score (nSPS) is 10.1. The number of hydrogen-bond donors (Lipinski definition) is 2. The second-order valence-electron chi connectivity index (χ2n) is 3.41. The molecule has 0 fully saturated rings. The largest absolute Gasteiger partial charge is 0.358 e. The van der Waals surface area contributed by atoms with Gasteiger partial charge in [0.1, 0.15) is 0 Å². The number of aromatic nitrogens is 1. The third kappa shape index (κ3) is 2.75. The maximum Gasteiger partial charge on any atom is 0.273 e. The molecule has 0 aliphatic heterocycles. The van der Waals surface area contributed by atoms with Crippen molar-refractivity contribution < 1.29 is 14.1 Å². The highest BCUT2D eigenvalue weighted by Crippen LogP contribution is 2.24. The van der Waals surface area contributed by atoms with E-state index in [-0.39, 0.29) is 18.1 Å². The summed E-state index contributed by atoms with van der Waals surface area (Å²) in [6.45, 7) is -0.0868. The van der Waals surface area contributed by atoms with E-state index in [0.717, 1.165) is 4.88 Å². The van der Waals surface area contributed by atoms with Crippen LogP contribution in [0.2, 0.25) is 0 Å². The highest BCUT2D eigenvalue weighted by Gasteiger charge is 2.14. The van der Waals surface area contributed by atoms with Gasteiger partial charge in [-0.2, -0.15) is 0 Å². The molecule has 6 nitrogen and oxygen atoms in total. The Morgan fingerprint density at radius 1 is 1.50 bits per heavy atom. The number of rotatable bonds is 4. The SMILES string of the molecule is CNC(=O)CNC(=O)c1cc(-c2cccs2)on1. The van der Waals surface area contributed by atoms with Crippen LogP contribution in [0.5, 0.6) is 0 Å². The molecule has 0 spiro atoms. The molecule has 0 unspecified atom stereocenters. The van der Waals surface area contributed by atoms with Crippen LogP contribution in [-0.2, 0) is 4.79 Å². The van der Waals surface area contributed by atoms with Gasteiger partial charge in [0.05, 0.1) is 11.4 Å². The summed E-state index contributed by atoms with van der Waals surface area (Å²) < 4.78 is 5.06. The number of hydrogen-bond acceptors (Lipinski definition) is 5. The molecule has 2 N–H and O–H groups in total. The van der Waals surface area contributed by atoms with E-state index in [9.17, 15) is 9.59 Å². The summed E-state index contributed by atoms with van der Waals surface area (Å²) in [6.07, 6.45) is 0. The molecule has 0 radical (unpaired) electrons. The van der Waals surface area contributed by atoms with Gasteiger partial charge < -0.3 is 15.2 Å². The molecule has 0 saturated heterocycles. The topological polar surface area (TPSA) is 84.2 Å². The van der Waals surface area contributed by atoms with Crippen LogP contribution in [0.3, 0.4) is 0 Å². The van der Waals surface area contributed by atoms with Crippen molar-refractivity contribution in [2.45, 2.75) is 0 Å². The highest BCUT2D eigenvalue weighted by atomic mass is 32.1.